The predicted molar refractivity (Wildman–Crippen MR) is 77.8 cm³/mol. The highest BCUT2D eigenvalue weighted by molar-refractivity contribution is 4.78. The maximum Gasteiger partial charge on any atom is 0.0112 e. The summed E-state index contributed by atoms with van der Waals surface area (Å²) in [6.07, 6.45) is 11.2. The van der Waals surface area contributed by atoms with Crippen molar-refractivity contribution in [2.75, 3.05) is 39.3 Å². The summed E-state index contributed by atoms with van der Waals surface area (Å²) in [6, 6.07) is 0.891. The van der Waals surface area contributed by atoms with E-state index in [0.29, 0.717) is 0 Å². The van der Waals surface area contributed by atoms with Crippen LogP contribution >= 0.6 is 0 Å². The van der Waals surface area contributed by atoms with Crippen LogP contribution in [0.2, 0.25) is 0 Å². The van der Waals surface area contributed by atoms with Crippen molar-refractivity contribution in [3.63, 3.8) is 0 Å². The van der Waals surface area contributed by atoms with Crippen LogP contribution in [0.4, 0.5) is 0 Å². The van der Waals surface area contributed by atoms with Crippen molar-refractivity contribution in [3.8, 4) is 0 Å². The summed E-state index contributed by atoms with van der Waals surface area (Å²) < 4.78 is 0. The van der Waals surface area contributed by atoms with Gasteiger partial charge in [0.05, 0.1) is 0 Å². The van der Waals surface area contributed by atoms with Crippen molar-refractivity contribution < 1.29 is 0 Å². The third kappa shape index (κ3) is 4.52. The molecule has 1 saturated heterocycles. The van der Waals surface area contributed by atoms with Gasteiger partial charge < -0.3 is 10.6 Å². The molecule has 1 heterocycles. The van der Waals surface area contributed by atoms with Crippen molar-refractivity contribution >= 4 is 0 Å². The number of rotatable bonds is 4. The molecule has 0 bridgehead atoms. The quantitative estimate of drug-likeness (QED) is 0.779. The molecule has 1 aliphatic heterocycles. The first-order chi connectivity index (χ1) is 8.90. The SMILES string of the molecule is NCCCN1CCCN(C2CCCCCC2)CC1. The maximum atomic E-state index is 5.61. The topological polar surface area (TPSA) is 32.5 Å². The van der Waals surface area contributed by atoms with Crippen LogP contribution in [-0.4, -0.2) is 55.1 Å². The minimum absolute atomic E-state index is 0.836. The summed E-state index contributed by atoms with van der Waals surface area (Å²) in [5, 5.41) is 0. The van der Waals surface area contributed by atoms with Crippen molar-refractivity contribution in [2.45, 2.75) is 57.4 Å². The number of hydrogen-bond donors (Lipinski definition) is 1. The van der Waals surface area contributed by atoms with Crippen molar-refractivity contribution in [1.82, 2.24) is 9.80 Å². The van der Waals surface area contributed by atoms with Gasteiger partial charge in [0.1, 0.15) is 0 Å². The van der Waals surface area contributed by atoms with E-state index in [1.807, 2.05) is 0 Å². The van der Waals surface area contributed by atoms with Gasteiger partial charge in [0.2, 0.25) is 0 Å². The monoisotopic (exact) mass is 253 g/mol. The lowest BCUT2D eigenvalue weighted by Crippen LogP contribution is -2.38. The van der Waals surface area contributed by atoms with Gasteiger partial charge in [-0.15, -0.1) is 0 Å². The molecular formula is C15H31N3. The van der Waals surface area contributed by atoms with Gasteiger partial charge in [-0.1, -0.05) is 25.7 Å². The maximum absolute atomic E-state index is 5.61. The van der Waals surface area contributed by atoms with Gasteiger partial charge >= 0.3 is 0 Å². The third-order valence-electron chi connectivity index (χ3n) is 4.64. The largest absolute Gasteiger partial charge is 0.330 e. The number of nitrogens with zero attached hydrogens (tertiary/aromatic N) is 2. The molecule has 2 rings (SSSR count). The van der Waals surface area contributed by atoms with Gasteiger partial charge in [0.15, 0.2) is 0 Å². The van der Waals surface area contributed by atoms with Crippen molar-refractivity contribution in [3.05, 3.63) is 0 Å². The smallest absolute Gasteiger partial charge is 0.0112 e. The van der Waals surface area contributed by atoms with E-state index >= 15 is 0 Å². The molecule has 2 N–H and O–H groups in total. The van der Waals surface area contributed by atoms with Crippen LogP contribution in [0, 0.1) is 0 Å². The highest BCUT2D eigenvalue weighted by Crippen LogP contribution is 2.22. The lowest BCUT2D eigenvalue weighted by atomic mass is 10.1. The molecule has 0 unspecified atom stereocenters. The summed E-state index contributed by atoms with van der Waals surface area (Å²) in [5.74, 6) is 0. The van der Waals surface area contributed by atoms with Crippen molar-refractivity contribution in [2.24, 2.45) is 5.73 Å². The number of nitrogens with two attached hydrogens (primary N) is 1. The molecule has 2 aliphatic rings. The molecule has 0 aromatic rings. The summed E-state index contributed by atoms with van der Waals surface area (Å²) in [5.41, 5.74) is 5.61. The Hall–Kier alpha value is -0.120. The first-order valence-corrected chi connectivity index (χ1v) is 8.06. The molecule has 0 radical (unpaired) electrons. The van der Waals surface area contributed by atoms with E-state index in [0.717, 1.165) is 19.0 Å². The van der Waals surface area contributed by atoms with Crippen LogP contribution in [0.3, 0.4) is 0 Å². The van der Waals surface area contributed by atoms with Crippen LogP contribution in [0.1, 0.15) is 51.4 Å². The zero-order valence-electron chi connectivity index (χ0n) is 11.9. The summed E-state index contributed by atoms with van der Waals surface area (Å²) in [7, 11) is 0. The van der Waals surface area contributed by atoms with E-state index in [9.17, 15) is 0 Å². The van der Waals surface area contributed by atoms with Crippen LogP contribution in [0.25, 0.3) is 0 Å². The zero-order chi connectivity index (χ0) is 12.6. The highest BCUT2D eigenvalue weighted by Gasteiger charge is 2.22. The summed E-state index contributed by atoms with van der Waals surface area (Å²) >= 11 is 0. The van der Waals surface area contributed by atoms with Crippen LogP contribution in [-0.2, 0) is 0 Å². The molecular weight excluding hydrogens is 222 g/mol. The number of hydrogen-bond acceptors (Lipinski definition) is 3. The Morgan fingerprint density at radius 3 is 2.33 bits per heavy atom. The average Bonchev–Trinajstić information content (AvgIpc) is 2.78. The van der Waals surface area contributed by atoms with Crippen molar-refractivity contribution in [1.29, 1.82) is 0 Å². The van der Waals surface area contributed by atoms with Gasteiger partial charge in [-0.25, -0.2) is 0 Å². The van der Waals surface area contributed by atoms with E-state index < -0.39 is 0 Å². The van der Waals surface area contributed by atoms with Crippen LogP contribution < -0.4 is 5.73 Å². The fraction of sp³-hybridized carbons (Fsp3) is 1.00. The van der Waals surface area contributed by atoms with E-state index in [4.69, 9.17) is 5.73 Å². The summed E-state index contributed by atoms with van der Waals surface area (Å²) in [4.78, 5) is 5.40. The van der Waals surface area contributed by atoms with Gasteiger partial charge in [-0.05, 0) is 51.9 Å². The van der Waals surface area contributed by atoms with Gasteiger partial charge in [-0.3, -0.25) is 4.90 Å². The molecule has 0 amide bonds. The van der Waals surface area contributed by atoms with Gasteiger partial charge in [0.25, 0.3) is 0 Å². The Labute approximate surface area is 113 Å². The Morgan fingerprint density at radius 2 is 1.61 bits per heavy atom. The average molecular weight is 253 g/mol. The zero-order valence-corrected chi connectivity index (χ0v) is 11.9. The lowest BCUT2D eigenvalue weighted by Gasteiger charge is -2.30. The minimum atomic E-state index is 0.836. The standard InChI is InChI=1S/C15H31N3/c16-9-5-10-17-11-6-12-18(14-13-17)15-7-3-1-2-4-8-15/h15H,1-14,16H2. The molecule has 0 spiro atoms. The normalized spacial score (nSPS) is 25.8. The molecule has 3 heteroatoms. The predicted octanol–water partition coefficient (Wildman–Crippen LogP) is 2.07. The van der Waals surface area contributed by atoms with Crippen LogP contribution in [0.5, 0.6) is 0 Å². The molecule has 2 fully saturated rings. The second-order valence-corrected chi connectivity index (χ2v) is 6.02. The molecule has 1 saturated carbocycles. The fourth-order valence-electron chi connectivity index (χ4n) is 3.52. The second-order valence-electron chi connectivity index (χ2n) is 6.02. The minimum Gasteiger partial charge on any atom is -0.330 e. The van der Waals surface area contributed by atoms with E-state index in [-0.39, 0.29) is 0 Å². The van der Waals surface area contributed by atoms with Gasteiger partial charge in [0, 0.05) is 19.1 Å². The Kier molecular flexibility index (Phi) is 6.46. The third-order valence-corrected chi connectivity index (χ3v) is 4.64. The van der Waals surface area contributed by atoms with E-state index in [1.165, 1.54) is 77.7 Å². The molecule has 0 aromatic heterocycles. The second kappa shape index (κ2) is 8.13. The molecule has 0 atom stereocenters. The van der Waals surface area contributed by atoms with Gasteiger partial charge in [-0.2, -0.15) is 0 Å². The van der Waals surface area contributed by atoms with E-state index in [1.54, 1.807) is 0 Å². The molecule has 3 nitrogen and oxygen atoms in total. The van der Waals surface area contributed by atoms with E-state index in [2.05, 4.69) is 9.80 Å². The molecule has 1 aliphatic carbocycles. The summed E-state index contributed by atoms with van der Waals surface area (Å²) in [6.45, 7) is 7.19. The molecule has 106 valence electrons. The van der Waals surface area contributed by atoms with Crippen LogP contribution in [0.15, 0.2) is 0 Å². The highest BCUT2D eigenvalue weighted by atomic mass is 15.2. The lowest BCUT2D eigenvalue weighted by molar-refractivity contribution is 0.181. The first kappa shape index (κ1) is 14.3. The Morgan fingerprint density at radius 1 is 0.833 bits per heavy atom. The first-order valence-electron chi connectivity index (χ1n) is 8.06. The molecule has 18 heavy (non-hydrogen) atoms. The molecule has 0 aromatic carbocycles. The fourth-order valence-corrected chi connectivity index (χ4v) is 3.52. The Bertz CT molecular complexity index is 212. The Balaban J connectivity index is 1.76.